The van der Waals surface area contributed by atoms with E-state index in [4.69, 9.17) is 14.6 Å². The summed E-state index contributed by atoms with van der Waals surface area (Å²) in [6.07, 6.45) is -4.62. The number of carbonyl (C=O) groups is 3. The van der Waals surface area contributed by atoms with E-state index in [-0.39, 0.29) is 22.2 Å². The lowest BCUT2D eigenvalue weighted by Crippen LogP contribution is -2.49. The summed E-state index contributed by atoms with van der Waals surface area (Å²) < 4.78 is 65.6. The first kappa shape index (κ1) is 33.2. The molecule has 0 saturated carbocycles. The van der Waals surface area contributed by atoms with Crippen molar-refractivity contribution >= 4 is 39.4 Å². The van der Waals surface area contributed by atoms with Gasteiger partial charge in [-0.05, 0) is 55.2 Å². The molecule has 2 aromatic carbocycles. The fourth-order valence-corrected chi connectivity index (χ4v) is 4.92. The van der Waals surface area contributed by atoms with Gasteiger partial charge in [0.2, 0.25) is 0 Å². The summed E-state index contributed by atoms with van der Waals surface area (Å²) in [4.78, 5) is 36.0. The van der Waals surface area contributed by atoms with Gasteiger partial charge in [0.15, 0.2) is 0 Å². The molecule has 3 N–H and O–H groups in total. The molecule has 2 aromatic rings. The van der Waals surface area contributed by atoms with Gasteiger partial charge in [-0.25, -0.2) is 22.8 Å². The highest BCUT2D eigenvalue weighted by molar-refractivity contribution is 7.92. The Kier molecular flexibility index (Phi) is 11.4. The van der Waals surface area contributed by atoms with E-state index in [9.17, 15) is 36.3 Å². The third-order valence-corrected chi connectivity index (χ3v) is 7.14. The van der Waals surface area contributed by atoms with Crippen LogP contribution in [0.2, 0.25) is 0 Å². The molecule has 0 atom stereocenters. The van der Waals surface area contributed by atoms with Crippen molar-refractivity contribution in [2.75, 3.05) is 42.4 Å². The SMILES string of the molecule is CCOC(=O)N1CCN(c2ccc(C(=O)O)cc2NS(=O)(=O)c2ccc(CC(C)C)cc2)CC1.O=C(O)C(F)(F)F. The second-order valence-electron chi connectivity index (χ2n) is 9.36. The van der Waals surface area contributed by atoms with Crippen LogP contribution in [0.4, 0.5) is 29.3 Å². The largest absolute Gasteiger partial charge is 0.490 e. The standard InChI is InChI=1S/C24H31N3O6S.C2HF3O2/c1-4-33-24(30)27-13-11-26(12-14-27)22-10-7-19(23(28)29)16-21(22)25-34(31,32)20-8-5-18(6-9-20)15-17(2)3;3-2(4,5)1(6)7/h5-10,16-17,25H,4,11-15H2,1-3H3,(H,28,29);(H,6,7). The Labute approximate surface area is 235 Å². The van der Waals surface area contributed by atoms with Crippen molar-refractivity contribution in [3.63, 3.8) is 0 Å². The van der Waals surface area contributed by atoms with Crippen molar-refractivity contribution in [3.8, 4) is 0 Å². The Morgan fingerprint density at radius 2 is 1.56 bits per heavy atom. The lowest BCUT2D eigenvalue weighted by molar-refractivity contribution is -0.192. The molecule has 0 aromatic heterocycles. The zero-order chi connectivity index (χ0) is 31.0. The Bertz CT molecular complexity index is 1320. The molecule has 1 heterocycles. The summed E-state index contributed by atoms with van der Waals surface area (Å²) in [5.74, 6) is -3.46. The highest BCUT2D eigenvalue weighted by Gasteiger charge is 2.38. The molecule has 1 saturated heterocycles. The molecule has 1 amide bonds. The second-order valence-corrected chi connectivity index (χ2v) is 11.0. The number of nitrogens with zero attached hydrogens (tertiary/aromatic N) is 2. The molecule has 1 aliphatic rings. The number of carboxylic acids is 2. The third-order valence-electron chi connectivity index (χ3n) is 5.75. The van der Waals surface area contributed by atoms with E-state index in [1.807, 2.05) is 4.90 Å². The summed E-state index contributed by atoms with van der Waals surface area (Å²) in [5, 5.41) is 16.6. The Hall–Kier alpha value is -4.01. The number of carbonyl (C=O) groups excluding carboxylic acids is 1. The highest BCUT2D eigenvalue weighted by Crippen LogP contribution is 2.31. The number of hydrogen-bond acceptors (Lipinski definition) is 7. The van der Waals surface area contributed by atoms with Crippen LogP contribution in [-0.2, 0) is 26.0 Å². The van der Waals surface area contributed by atoms with Crippen LogP contribution in [0.1, 0.15) is 36.7 Å². The third kappa shape index (κ3) is 9.84. The topological polar surface area (TPSA) is 154 Å². The quantitative estimate of drug-likeness (QED) is 0.401. The monoisotopic (exact) mass is 603 g/mol. The summed E-state index contributed by atoms with van der Waals surface area (Å²) in [7, 11) is -3.95. The summed E-state index contributed by atoms with van der Waals surface area (Å²) in [5.41, 5.74) is 1.74. The van der Waals surface area contributed by atoms with Gasteiger partial charge in [-0.3, -0.25) is 4.72 Å². The first-order valence-electron chi connectivity index (χ1n) is 12.5. The molecule has 41 heavy (non-hydrogen) atoms. The smallest absolute Gasteiger partial charge is 0.478 e. The number of halogens is 3. The van der Waals surface area contributed by atoms with E-state index in [0.717, 1.165) is 12.0 Å². The normalized spacial score (nSPS) is 13.7. The maximum Gasteiger partial charge on any atom is 0.490 e. The van der Waals surface area contributed by atoms with E-state index in [1.54, 1.807) is 42.2 Å². The average Bonchev–Trinajstić information content (AvgIpc) is 2.88. The van der Waals surface area contributed by atoms with Crippen molar-refractivity contribution in [1.29, 1.82) is 0 Å². The lowest BCUT2D eigenvalue weighted by Gasteiger charge is -2.36. The van der Waals surface area contributed by atoms with Gasteiger partial charge in [-0.1, -0.05) is 26.0 Å². The van der Waals surface area contributed by atoms with E-state index >= 15 is 0 Å². The lowest BCUT2D eigenvalue weighted by atomic mass is 10.0. The maximum atomic E-state index is 13.1. The van der Waals surface area contributed by atoms with Crippen LogP contribution >= 0.6 is 0 Å². The Morgan fingerprint density at radius 3 is 2.02 bits per heavy atom. The molecule has 0 spiro atoms. The number of sulfonamides is 1. The van der Waals surface area contributed by atoms with Gasteiger partial charge in [-0.15, -0.1) is 0 Å². The predicted octanol–water partition coefficient (Wildman–Crippen LogP) is 4.30. The van der Waals surface area contributed by atoms with Gasteiger partial charge >= 0.3 is 24.2 Å². The summed E-state index contributed by atoms with van der Waals surface area (Å²) in [6.45, 7) is 7.93. The van der Waals surface area contributed by atoms with Crippen LogP contribution < -0.4 is 9.62 Å². The van der Waals surface area contributed by atoms with Crippen LogP contribution in [0.15, 0.2) is 47.4 Å². The number of amides is 1. The van der Waals surface area contributed by atoms with E-state index < -0.39 is 28.1 Å². The molecule has 0 radical (unpaired) electrons. The molecule has 226 valence electrons. The fourth-order valence-electron chi connectivity index (χ4n) is 3.85. The minimum Gasteiger partial charge on any atom is -0.478 e. The van der Waals surface area contributed by atoms with Crippen LogP contribution in [-0.4, -0.2) is 80.5 Å². The van der Waals surface area contributed by atoms with Gasteiger partial charge in [0, 0.05) is 26.2 Å². The number of benzene rings is 2. The van der Waals surface area contributed by atoms with Crippen molar-refractivity contribution in [2.45, 2.75) is 38.3 Å². The van der Waals surface area contributed by atoms with Gasteiger partial charge in [0.25, 0.3) is 10.0 Å². The number of aliphatic carboxylic acids is 1. The molecule has 0 unspecified atom stereocenters. The number of anilines is 2. The summed E-state index contributed by atoms with van der Waals surface area (Å²) >= 11 is 0. The molecule has 15 heteroatoms. The highest BCUT2D eigenvalue weighted by atomic mass is 32.2. The maximum absolute atomic E-state index is 13.1. The van der Waals surface area contributed by atoms with Crippen molar-refractivity contribution in [2.24, 2.45) is 5.92 Å². The molecule has 3 rings (SSSR count). The van der Waals surface area contributed by atoms with Gasteiger partial charge in [0.1, 0.15) is 0 Å². The molecule has 0 bridgehead atoms. The van der Waals surface area contributed by atoms with Crippen LogP contribution in [0.25, 0.3) is 0 Å². The van der Waals surface area contributed by atoms with Crippen LogP contribution in [0.5, 0.6) is 0 Å². The molecule has 0 aliphatic carbocycles. The Balaban J connectivity index is 0.000000745. The number of carboxylic acid groups (broad SMARTS) is 2. The average molecular weight is 604 g/mol. The van der Waals surface area contributed by atoms with Crippen molar-refractivity contribution in [3.05, 3.63) is 53.6 Å². The van der Waals surface area contributed by atoms with Gasteiger partial charge in [0.05, 0.1) is 28.4 Å². The second kappa shape index (κ2) is 14.1. The number of nitrogens with one attached hydrogen (secondary N) is 1. The molecular weight excluding hydrogens is 571 g/mol. The molecule has 1 fully saturated rings. The van der Waals surface area contributed by atoms with Gasteiger partial charge in [-0.2, -0.15) is 13.2 Å². The van der Waals surface area contributed by atoms with Crippen LogP contribution in [0.3, 0.4) is 0 Å². The minimum atomic E-state index is -5.08. The van der Waals surface area contributed by atoms with E-state index in [0.29, 0.717) is 44.4 Å². The Morgan fingerprint density at radius 1 is 1.00 bits per heavy atom. The first-order valence-corrected chi connectivity index (χ1v) is 14.0. The zero-order valence-electron chi connectivity index (χ0n) is 22.6. The van der Waals surface area contributed by atoms with Gasteiger partial charge < -0.3 is 24.7 Å². The number of piperazine rings is 1. The molecular formula is C26H32F3N3O8S. The summed E-state index contributed by atoms with van der Waals surface area (Å²) in [6, 6.07) is 11.0. The van der Waals surface area contributed by atoms with Crippen molar-refractivity contribution < 1.29 is 50.9 Å². The number of alkyl halides is 3. The molecule has 11 nitrogen and oxygen atoms in total. The van der Waals surface area contributed by atoms with E-state index in [1.165, 1.54) is 12.1 Å². The number of aromatic carboxylic acids is 1. The predicted molar refractivity (Wildman–Crippen MR) is 144 cm³/mol. The minimum absolute atomic E-state index is 0.0288. The van der Waals surface area contributed by atoms with Crippen molar-refractivity contribution in [1.82, 2.24) is 4.90 Å². The zero-order valence-corrected chi connectivity index (χ0v) is 23.5. The van der Waals surface area contributed by atoms with Crippen LogP contribution in [0, 0.1) is 5.92 Å². The number of ether oxygens (including phenoxy) is 1. The van der Waals surface area contributed by atoms with E-state index in [2.05, 4.69) is 18.6 Å². The number of rotatable bonds is 8. The number of hydrogen-bond donors (Lipinski definition) is 3. The molecule has 1 aliphatic heterocycles. The first-order chi connectivity index (χ1) is 19.0. The fraction of sp³-hybridized carbons (Fsp3) is 0.423.